The van der Waals surface area contributed by atoms with E-state index < -0.39 is 152 Å². The quantitative estimate of drug-likeness (QED) is 0.0333. The number of Topliss-reactive ketones (excluding diaryl/α,β-unsaturated/α-hetero) is 1. The second-order valence-corrected chi connectivity index (χ2v) is 20.0. The lowest BCUT2D eigenvalue weighted by Crippen LogP contribution is -2.81. The molecule has 0 amide bonds. The zero-order valence-electron chi connectivity index (χ0n) is 36.0. The molecule has 382 valence electrons. The van der Waals surface area contributed by atoms with Crippen LogP contribution in [0.25, 0.3) is 0 Å². The van der Waals surface area contributed by atoms with Crippen molar-refractivity contribution in [2.45, 2.75) is 0 Å². The lowest BCUT2D eigenvalue weighted by atomic mass is 9.12. The van der Waals surface area contributed by atoms with Crippen molar-refractivity contribution < 1.29 is 92.6 Å². The molecular weight excluding hydrogens is 1120 g/mol. The second-order valence-electron chi connectivity index (χ2n) is 15.7. The van der Waals surface area contributed by atoms with Gasteiger partial charge in [0.2, 0.25) is 5.78 Å². The monoisotopic (exact) mass is 1140 g/mol. The molecule has 0 unspecified atom stereocenters. The molecule has 0 N–H and O–H groups in total. The summed E-state index contributed by atoms with van der Waals surface area (Å²) >= 11 is 3.56. The molecule has 0 heterocycles. The van der Waals surface area contributed by atoms with E-state index in [0.717, 1.165) is 10.0 Å². The van der Waals surface area contributed by atoms with Crippen LogP contribution in [0.2, 0.25) is 0 Å². The van der Waals surface area contributed by atoms with Gasteiger partial charge in [0.1, 0.15) is 82.0 Å². The number of carbonyl (C=O) groups is 1. The molecule has 8 rings (SSSR count). The van der Waals surface area contributed by atoms with Crippen molar-refractivity contribution in [1.29, 1.82) is 0 Å². The van der Waals surface area contributed by atoms with E-state index in [9.17, 15) is 57.5 Å². The first kappa shape index (κ1) is 54.8. The average molecular weight is 1140 g/mol. The summed E-state index contributed by atoms with van der Waals surface area (Å²) in [7, 11) is -2.17. The van der Waals surface area contributed by atoms with Gasteiger partial charge in [0, 0.05) is 10.0 Å². The Balaban J connectivity index is 0.000000237. The summed E-state index contributed by atoms with van der Waals surface area (Å²) in [4.78, 5) is 13.6. The zero-order chi connectivity index (χ0) is 54.5. The van der Waals surface area contributed by atoms with Gasteiger partial charge >= 0.3 is 0 Å². The highest BCUT2D eigenvalue weighted by Crippen LogP contribution is 2.55. The Morgan fingerprint density at radius 2 is 0.514 bits per heavy atom. The van der Waals surface area contributed by atoms with E-state index in [-0.39, 0.29) is 5.78 Å². The maximum absolute atomic E-state index is 15.4. The fourth-order valence-electron chi connectivity index (χ4n) is 8.63. The highest BCUT2D eigenvalue weighted by molar-refractivity contribution is 9.10. The van der Waals surface area contributed by atoms with Crippen LogP contribution in [-0.4, -0.2) is 18.1 Å². The molecule has 0 aliphatic heterocycles. The zero-order valence-corrected chi connectivity index (χ0v) is 38.5. The Labute approximate surface area is 412 Å². The van der Waals surface area contributed by atoms with Gasteiger partial charge in [-0.15, -0.1) is 21.9 Å². The molecule has 24 heteroatoms. The minimum Gasteiger partial charge on any atom is -0.290 e. The smallest absolute Gasteiger partial charge is 0.202 e. The van der Waals surface area contributed by atoms with E-state index in [1.165, 1.54) is 15.9 Å². The highest BCUT2D eigenvalue weighted by Gasteiger charge is 2.53. The lowest BCUT2D eigenvalue weighted by molar-refractivity contribution is 0.102. The molecule has 0 spiro atoms. The van der Waals surface area contributed by atoms with Gasteiger partial charge in [0.15, 0.2) is 69.8 Å². The molecular formula is C50H21BBrF20OP. The van der Waals surface area contributed by atoms with Gasteiger partial charge < -0.3 is 0 Å². The molecule has 0 fully saturated rings. The van der Waals surface area contributed by atoms with Crippen molar-refractivity contribution in [3.8, 4) is 0 Å². The first-order valence-corrected chi connectivity index (χ1v) is 23.2. The van der Waals surface area contributed by atoms with Crippen LogP contribution in [0, 0.1) is 116 Å². The Kier molecular flexibility index (Phi) is 15.6. The van der Waals surface area contributed by atoms with Crippen LogP contribution in [0.3, 0.4) is 0 Å². The third kappa shape index (κ3) is 8.70. The Hall–Kier alpha value is -7.00. The van der Waals surface area contributed by atoms with Gasteiger partial charge in [-0.1, -0.05) is 88.7 Å². The molecule has 0 aliphatic rings. The molecule has 1 nitrogen and oxygen atoms in total. The third-order valence-electron chi connectivity index (χ3n) is 11.9. The van der Waals surface area contributed by atoms with Crippen LogP contribution in [0.4, 0.5) is 87.8 Å². The van der Waals surface area contributed by atoms with E-state index in [4.69, 9.17) is 0 Å². The minimum absolute atomic E-state index is 0.155. The molecule has 8 aromatic carbocycles. The van der Waals surface area contributed by atoms with Gasteiger partial charge in [-0.2, -0.15) is 0 Å². The first-order valence-electron chi connectivity index (χ1n) is 20.5. The molecule has 0 radical (unpaired) electrons. The van der Waals surface area contributed by atoms with Crippen molar-refractivity contribution in [1.82, 2.24) is 0 Å². The summed E-state index contributed by atoms with van der Waals surface area (Å²) in [6.07, 6.45) is -6.77. The van der Waals surface area contributed by atoms with Gasteiger partial charge in [0.25, 0.3) is 0 Å². The van der Waals surface area contributed by atoms with Crippen LogP contribution in [0.15, 0.2) is 120 Å². The second kappa shape index (κ2) is 21.1. The van der Waals surface area contributed by atoms with Gasteiger partial charge in [0.05, 0.1) is 0 Å². The minimum atomic E-state index is -7.22. The summed E-state index contributed by atoms with van der Waals surface area (Å²) < 4.78 is 295. The lowest BCUT2D eigenvalue weighted by Gasteiger charge is -2.44. The van der Waals surface area contributed by atoms with Crippen LogP contribution in [0.5, 0.6) is 0 Å². The van der Waals surface area contributed by atoms with E-state index in [0.29, 0.717) is 6.16 Å². The van der Waals surface area contributed by atoms with Crippen molar-refractivity contribution in [3.05, 3.63) is 242 Å². The molecule has 8 aromatic rings. The Morgan fingerprint density at radius 3 is 0.743 bits per heavy atom. The van der Waals surface area contributed by atoms with E-state index >= 15 is 35.1 Å². The van der Waals surface area contributed by atoms with Crippen LogP contribution >= 0.6 is 23.2 Å². The summed E-state index contributed by atoms with van der Waals surface area (Å²) in [6.45, 7) is 0. The number of hydrogen-bond acceptors (Lipinski definition) is 1. The number of halogens is 21. The first-order chi connectivity index (χ1) is 34.9. The third-order valence-corrected chi connectivity index (χ3v) is 16.8. The van der Waals surface area contributed by atoms with E-state index in [1.807, 2.05) is 42.5 Å². The molecule has 0 saturated carbocycles. The van der Waals surface area contributed by atoms with Crippen LogP contribution < -0.4 is 37.8 Å². The van der Waals surface area contributed by atoms with Gasteiger partial charge in [-0.3, -0.25) is 4.79 Å². The predicted molar refractivity (Wildman–Crippen MR) is 238 cm³/mol. The van der Waals surface area contributed by atoms with Gasteiger partial charge in [-0.05, 0) is 42.5 Å². The summed E-state index contributed by atoms with van der Waals surface area (Å²) in [5.74, 6) is -71.2. The highest BCUT2D eigenvalue weighted by atomic mass is 79.9. The number of hydrogen-bond donors (Lipinski definition) is 0. The summed E-state index contributed by atoms with van der Waals surface area (Å²) in [5.41, 5.74) is -13.6. The van der Waals surface area contributed by atoms with E-state index in [1.54, 1.807) is 0 Å². The SMILES string of the molecule is Fc1c(F)c(F)c([B-](c2c(F)c(F)c(F)c(F)c2F)(c2c(F)c(F)c(F)c(F)c2F)c2c(F)c(F)c(F)c(F)c2F)c(F)c1F.O=C(C[P+](c1ccccc1)(c1ccccc1)c1ccccc1)c1ccccc1Br. The van der Waals surface area contributed by atoms with Gasteiger partial charge in [-0.25, -0.2) is 87.8 Å². The molecule has 0 aromatic heterocycles. The maximum atomic E-state index is 15.4. The Bertz CT molecular complexity index is 3040. The van der Waals surface area contributed by atoms with Crippen molar-refractivity contribution in [3.63, 3.8) is 0 Å². The fourth-order valence-corrected chi connectivity index (χ4v) is 13.2. The molecule has 0 atom stereocenters. The predicted octanol–water partition coefficient (Wildman–Crippen LogP) is 11.5. The molecule has 0 aliphatic carbocycles. The molecule has 0 bridgehead atoms. The maximum Gasteiger partial charge on any atom is 0.202 e. The number of rotatable bonds is 10. The number of ketones is 1. The number of carbonyl (C=O) groups excluding carboxylic acids is 1. The largest absolute Gasteiger partial charge is 0.290 e. The summed E-state index contributed by atoms with van der Waals surface area (Å²) in [5, 5.41) is 3.66. The Morgan fingerprint density at radius 1 is 0.311 bits per heavy atom. The molecule has 0 saturated heterocycles. The number of benzene rings is 8. The molecule has 74 heavy (non-hydrogen) atoms. The topological polar surface area (TPSA) is 17.1 Å². The normalized spacial score (nSPS) is 11.7. The van der Waals surface area contributed by atoms with Crippen LogP contribution in [-0.2, 0) is 0 Å². The average Bonchev–Trinajstić information content (AvgIpc) is 3.41. The van der Waals surface area contributed by atoms with E-state index in [2.05, 4.69) is 88.7 Å². The van der Waals surface area contributed by atoms with Crippen LogP contribution in [0.1, 0.15) is 10.4 Å². The fraction of sp³-hybridized carbons (Fsp3) is 0.0200. The van der Waals surface area contributed by atoms with Crippen molar-refractivity contribution in [2.24, 2.45) is 0 Å². The van der Waals surface area contributed by atoms with Crippen molar-refractivity contribution in [2.75, 3.05) is 6.16 Å². The summed E-state index contributed by atoms with van der Waals surface area (Å²) in [6, 6.07) is 39.2. The van der Waals surface area contributed by atoms with Crippen molar-refractivity contribution >= 4 is 72.9 Å². The standard InChI is InChI=1S/C26H21BrOP.C24BF20/c27-25-19-11-10-18-24(25)26(28)20-29(21-12-4-1-5-13-21,22-14-6-2-7-15-22)23-16-8-3-9-17-23;26-5-1(6(27)14(35)21(42)13(5)34)25(2-7(28)15(36)22(43)16(37)8(2)29,3-9(30)17(38)23(44)18(39)10(3)31)4-11(32)19(40)24(45)20(41)12(4)33/h1-19H,20H2;/q+1;-1.